The highest BCUT2D eigenvalue weighted by Crippen LogP contribution is 2.39. The Balaban J connectivity index is 2.42. The van der Waals surface area contributed by atoms with Gasteiger partial charge in [-0.05, 0) is 23.1 Å². The van der Waals surface area contributed by atoms with Crippen LogP contribution in [0.1, 0.15) is 48.5 Å². The Hall–Kier alpha value is -2.10. The van der Waals surface area contributed by atoms with E-state index in [1.807, 2.05) is 12.1 Å². The molecular weight excluding hydrogens is 242 g/mol. The van der Waals surface area contributed by atoms with Gasteiger partial charge in [-0.2, -0.15) is 0 Å². The molecule has 0 saturated heterocycles. The highest BCUT2D eigenvalue weighted by molar-refractivity contribution is 5.87. The smallest absolute Gasteiger partial charge is 0.335 e. The highest BCUT2D eigenvalue weighted by Gasteiger charge is 2.31. The summed E-state index contributed by atoms with van der Waals surface area (Å²) in [5, 5.41) is 8.93. The second-order valence-corrected chi connectivity index (χ2v) is 5.60. The number of aromatic carboxylic acids is 1. The van der Waals surface area contributed by atoms with E-state index in [4.69, 9.17) is 9.52 Å². The number of carboxylic acids is 1. The molecule has 0 aliphatic rings. The molecule has 1 N–H and O–H groups in total. The van der Waals surface area contributed by atoms with Crippen molar-refractivity contribution in [1.29, 1.82) is 0 Å². The van der Waals surface area contributed by atoms with Crippen molar-refractivity contribution in [3.63, 3.8) is 0 Å². The maximum absolute atomic E-state index is 10.9. The SMILES string of the molecule is CC(C)(C)C(c1ccc(C(=O)O)cc1)c1ncco1. The van der Waals surface area contributed by atoms with Gasteiger partial charge in [0.05, 0.1) is 17.7 Å². The number of carboxylic acid groups (broad SMARTS) is 1. The van der Waals surface area contributed by atoms with Crippen LogP contribution in [0, 0.1) is 5.41 Å². The molecule has 0 saturated carbocycles. The molecular formula is C15H17NO3. The quantitative estimate of drug-likeness (QED) is 0.915. The molecule has 0 spiro atoms. The average Bonchev–Trinajstić information content (AvgIpc) is 2.81. The number of nitrogens with zero attached hydrogens (tertiary/aromatic N) is 1. The van der Waals surface area contributed by atoms with Crippen molar-refractivity contribution in [3.05, 3.63) is 53.7 Å². The molecule has 1 aromatic carbocycles. The zero-order valence-corrected chi connectivity index (χ0v) is 11.3. The molecule has 0 aliphatic heterocycles. The van der Waals surface area contributed by atoms with Crippen molar-refractivity contribution in [3.8, 4) is 0 Å². The van der Waals surface area contributed by atoms with Gasteiger partial charge in [-0.15, -0.1) is 0 Å². The van der Waals surface area contributed by atoms with Gasteiger partial charge >= 0.3 is 5.97 Å². The van der Waals surface area contributed by atoms with Crippen LogP contribution in [0.3, 0.4) is 0 Å². The van der Waals surface area contributed by atoms with Crippen molar-refractivity contribution in [2.24, 2.45) is 5.41 Å². The molecule has 0 radical (unpaired) electrons. The second kappa shape index (κ2) is 4.88. The summed E-state index contributed by atoms with van der Waals surface area (Å²) in [4.78, 5) is 15.1. The van der Waals surface area contributed by atoms with Gasteiger partial charge in [0, 0.05) is 0 Å². The molecule has 100 valence electrons. The van der Waals surface area contributed by atoms with Gasteiger partial charge in [-0.1, -0.05) is 32.9 Å². The summed E-state index contributed by atoms with van der Waals surface area (Å²) in [5.74, 6) is -0.282. The maximum Gasteiger partial charge on any atom is 0.335 e. The van der Waals surface area contributed by atoms with Crippen LogP contribution in [0.2, 0.25) is 0 Å². The normalized spacial score (nSPS) is 13.2. The monoisotopic (exact) mass is 259 g/mol. The Morgan fingerprint density at radius 3 is 2.32 bits per heavy atom. The third kappa shape index (κ3) is 2.84. The molecule has 2 rings (SSSR count). The molecule has 0 bridgehead atoms. The van der Waals surface area contributed by atoms with Gasteiger partial charge in [-0.25, -0.2) is 9.78 Å². The first-order chi connectivity index (χ1) is 8.89. The number of aromatic nitrogens is 1. The number of carbonyl (C=O) groups is 1. The summed E-state index contributed by atoms with van der Waals surface area (Å²) in [6.07, 6.45) is 3.18. The number of rotatable bonds is 3. The molecule has 1 heterocycles. The van der Waals surface area contributed by atoms with E-state index in [0.717, 1.165) is 5.56 Å². The predicted molar refractivity (Wildman–Crippen MR) is 71.2 cm³/mol. The fraction of sp³-hybridized carbons (Fsp3) is 0.333. The Bertz CT molecular complexity index is 550. The molecule has 0 fully saturated rings. The van der Waals surface area contributed by atoms with Crippen LogP contribution in [0.15, 0.2) is 41.1 Å². The highest BCUT2D eigenvalue weighted by atomic mass is 16.4. The topological polar surface area (TPSA) is 63.3 Å². The van der Waals surface area contributed by atoms with E-state index in [9.17, 15) is 4.79 Å². The first-order valence-corrected chi connectivity index (χ1v) is 6.12. The van der Waals surface area contributed by atoms with Crippen LogP contribution in [-0.2, 0) is 0 Å². The van der Waals surface area contributed by atoms with E-state index in [-0.39, 0.29) is 16.9 Å². The lowest BCUT2D eigenvalue weighted by Gasteiger charge is -2.28. The Morgan fingerprint density at radius 1 is 1.26 bits per heavy atom. The lowest BCUT2D eigenvalue weighted by molar-refractivity contribution is 0.0697. The third-order valence-electron chi connectivity index (χ3n) is 3.06. The van der Waals surface area contributed by atoms with E-state index >= 15 is 0 Å². The minimum atomic E-state index is -0.921. The van der Waals surface area contributed by atoms with E-state index in [2.05, 4.69) is 25.8 Å². The van der Waals surface area contributed by atoms with Crippen molar-refractivity contribution >= 4 is 5.97 Å². The second-order valence-electron chi connectivity index (χ2n) is 5.60. The Morgan fingerprint density at radius 2 is 1.89 bits per heavy atom. The van der Waals surface area contributed by atoms with E-state index in [1.54, 1.807) is 24.6 Å². The van der Waals surface area contributed by atoms with Gasteiger partial charge < -0.3 is 9.52 Å². The average molecular weight is 259 g/mol. The van der Waals surface area contributed by atoms with Crippen LogP contribution in [0.5, 0.6) is 0 Å². The maximum atomic E-state index is 10.9. The van der Waals surface area contributed by atoms with Gasteiger partial charge in [-0.3, -0.25) is 0 Å². The summed E-state index contributed by atoms with van der Waals surface area (Å²) in [6, 6.07) is 6.87. The van der Waals surface area contributed by atoms with Crippen molar-refractivity contribution < 1.29 is 14.3 Å². The molecule has 4 heteroatoms. The van der Waals surface area contributed by atoms with E-state index in [0.29, 0.717) is 5.89 Å². The fourth-order valence-corrected chi connectivity index (χ4v) is 2.21. The summed E-state index contributed by atoms with van der Waals surface area (Å²) in [7, 11) is 0. The largest absolute Gasteiger partial charge is 0.478 e. The zero-order valence-electron chi connectivity index (χ0n) is 11.3. The van der Waals surface area contributed by atoms with Crippen molar-refractivity contribution in [2.75, 3.05) is 0 Å². The molecule has 0 aliphatic carbocycles. The Kier molecular flexibility index (Phi) is 3.42. The lowest BCUT2D eigenvalue weighted by Crippen LogP contribution is -2.20. The van der Waals surface area contributed by atoms with Gasteiger partial charge in [0.2, 0.25) is 5.89 Å². The molecule has 4 nitrogen and oxygen atoms in total. The van der Waals surface area contributed by atoms with Crippen LogP contribution >= 0.6 is 0 Å². The third-order valence-corrected chi connectivity index (χ3v) is 3.06. The van der Waals surface area contributed by atoms with Crippen LogP contribution < -0.4 is 0 Å². The number of hydrogen-bond acceptors (Lipinski definition) is 3. The van der Waals surface area contributed by atoms with Gasteiger partial charge in [0.25, 0.3) is 0 Å². The Labute approximate surface area is 112 Å². The van der Waals surface area contributed by atoms with Crippen LogP contribution in [0.4, 0.5) is 0 Å². The van der Waals surface area contributed by atoms with Crippen molar-refractivity contribution in [1.82, 2.24) is 4.98 Å². The number of hydrogen-bond donors (Lipinski definition) is 1. The van der Waals surface area contributed by atoms with E-state index in [1.165, 1.54) is 0 Å². The van der Waals surface area contributed by atoms with Gasteiger partial charge in [0.1, 0.15) is 6.26 Å². The van der Waals surface area contributed by atoms with Crippen molar-refractivity contribution in [2.45, 2.75) is 26.7 Å². The molecule has 1 unspecified atom stereocenters. The summed E-state index contributed by atoms with van der Waals surface area (Å²) in [6.45, 7) is 6.31. The minimum Gasteiger partial charge on any atom is -0.478 e. The first kappa shape index (κ1) is 13.3. The standard InChI is InChI=1S/C15H17NO3/c1-15(2,3)12(13-16-8-9-19-13)10-4-6-11(7-5-10)14(17)18/h4-9,12H,1-3H3,(H,17,18). The lowest BCUT2D eigenvalue weighted by atomic mass is 9.76. The van der Waals surface area contributed by atoms with Crippen LogP contribution in [0.25, 0.3) is 0 Å². The van der Waals surface area contributed by atoms with Crippen LogP contribution in [-0.4, -0.2) is 16.1 Å². The van der Waals surface area contributed by atoms with E-state index < -0.39 is 5.97 Å². The first-order valence-electron chi connectivity index (χ1n) is 6.12. The minimum absolute atomic E-state index is 0.00894. The number of benzene rings is 1. The zero-order chi connectivity index (χ0) is 14.0. The fourth-order valence-electron chi connectivity index (χ4n) is 2.21. The summed E-state index contributed by atoms with van der Waals surface area (Å²) < 4.78 is 5.43. The summed E-state index contributed by atoms with van der Waals surface area (Å²) in [5.41, 5.74) is 1.21. The molecule has 19 heavy (non-hydrogen) atoms. The molecule has 0 amide bonds. The molecule has 1 atom stereocenters. The molecule has 2 aromatic rings. The van der Waals surface area contributed by atoms with Gasteiger partial charge in [0.15, 0.2) is 0 Å². The summed E-state index contributed by atoms with van der Waals surface area (Å²) >= 11 is 0. The molecule has 1 aromatic heterocycles. The predicted octanol–water partition coefficient (Wildman–Crippen LogP) is 3.55. The number of oxazole rings is 1.